The first-order chi connectivity index (χ1) is 16.3. The van der Waals surface area contributed by atoms with Gasteiger partial charge in [0.25, 0.3) is 0 Å². The van der Waals surface area contributed by atoms with E-state index in [4.69, 9.17) is 4.98 Å². The summed E-state index contributed by atoms with van der Waals surface area (Å²) in [5.41, 5.74) is 3.04. The number of carbonyl (C=O) groups excluding carboxylic acids is 1. The summed E-state index contributed by atoms with van der Waals surface area (Å²) in [5.74, 6) is -0.0178. The molecule has 8 nitrogen and oxygen atoms in total. The normalized spacial score (nSPS) is 14.2. The van der Waals surface area contributed by atoms with Gasteiger partial charge < -0.3 is 9.88 Å². The molecule has 5 rings (SSSR count). The Hall–Kier alpha value is -3.63. The van der Waals surface area contributed by atoms with Crippen molar-refractivity contribution in [3.05, 3.63) is 59.0 Å². The Morgan fingerprint density at radius 1 is 1.09 bits per heavy atom. The number of hydrogen-bond donors (Lipinski definition) is 1. The number of pyridine rings is 1. The molecule has 0 atom stereocenters. The van der Waals surface area contributed by atoms with E-state index in [1.54, 1.807) is 17.0 Å². The minimum absolute atomic E-state index is 0.0487. The van der Waals surface area contributed by atoms with Crippen LogP contribution in [0.15, 0.2) is 47.5 Å². The van der Waals surface area contributed by atoms with Crippen molar-refractivity contribution >= 4 is 28.0 Å². The smallest absolute Gasteiger partial charge is 0.347 e. The molecule has 1 aliphatic carbocycles. The van der Waals surface area contributed by atoms with E-state index in [1.165, 1.54) is 0 Å². The van der Waals surface area contributed by atoms with Crippen molar-refractivity contribution in [1.29, 1.82) is 0 Å². The fourth-order valence-electron chi connectivity index (χ4n) is 4.29. The molecule has 178 valence electrons. The third kappa shape index (κ3) is 4.42. The second kappa shape index (κ2) is 8.62. The van der Waals surface area contributed by atoms with Gasteiger partial charge >= 0.3 is 11.9 Å². The summed E-state index contributed by atoms with van der Waals surface area (Å²) >= 11 is 0. The number of alkyl halides is 3. The number of aromatic nitrogens is 5. The number of fused-ring (bicyclic) bond motifs is 2. The Morgan fingerprint density at radius 2 is 1.88 bits per heavy atom. The van der Waals surface area contributed by atoms with Crippen molar-refractivity contribution in [2.24, 2.45) is 0 Å². The van der Waals surface area contributed by atoms with E-state index in [1.807, 2.05) is 44.8 Å². The number of carbonyl (C=O) groups is 1. The van der Waals surface area contributed by atoms with Crippen LogP contribution in [0.4, 0.5) is 13.2 Å². The quantitative estimate of drug-likeness (QED) is 0.426. The fourth-order valence-corrected chi connectivity index (χ4v) is 4.29. The van der Waals surface area contributed by atoms with Crippen LogP contribution in [0.2, 0.25) is 0 Å². The average Bonchev–Trinajstić information content (AvgIpc) is 3.52. The molecule has 0 spiro atoms. The fraction of sp³-hybridized carbons (Fsp3) is 0.391. The molecule has 1 amide bonds. The van der Waals surface area contributed by atoms with E-state index in [2.05, 4.69) is 4.98 Å². The average molecular weight is 472 g/mol. The lowest BCUT2D eigenvalue weighted by Crippen LogP contribution is -2.33. The topological polar surface area (TPSA) is 86.7 Å². The zero-order chi connectivity index (χ0) is 23.9. The zero-order valence-corrected chi connectivity index (χ0v) is 18.3. The summed E-state index contributed by atoms with van der Waals surface area (Å²) in [6.07, 6.45) is 1.12. The molecule has 3 aromatic heterocycles. The number of rotatable bonds is 8. The van der Waals surface area contributed by atoms with Gasteiger partial charge in [0.2, 0.25) is 5.91 Å². The molecule has 0 radical (unpaired) electrons. The molecule has 4 aromatic rings. The second-order valence-corrected chi connectivity index (χ2v) is 8.50. The zero-order valence-electron chi connectivity index (χ0n) is 18.3. The van der Waals surface area contributed by atoms with Gasteiger partial charge in [0.15, 0.2) is 0 Å². The highest BCUT2D eigenvalue weighted by Gasteiger charge is 2.29. The summed E-state index contributed by atoms with van der Waals surface area (Å²) in [6, 6.07) is 9.54. The monoisotopic (exact) mass is 472 g/mol. The number of nitrogens with zero attached hydrogens (tertiary/aromatic N) is 5. The molecule has 1 fully saturated rings. The van der Waals surface area contributed by atoms with Crippen molar-refractivity contribution in [2.45, 2.75) is 51.0 Å². The molecule has 1 saturated carbocycles. The van der Waals surface area contributed by atoms with Crippen molar-refractivity contribution in [3.8, 4) is 0 Å². The SMILES string of the molecule is O=C(CCCn1c(Cn2c(=O)n(C3CC3)c3ccncc32)nc2ccccc21)NCC(F)(F)F. The van der Waals surface area contributed by atoms with Gasteiger partial charge in [0, 0.05) is 25.2 Å². The maximum Gasteiger partial charge on any atom is 0.405 e. The molecule has 0 saturated heterocycles. The molecule has 0 unspecified atom stereocenters. The minimum atomic E-state index is -4.44. The van der Waals surface area contributed by atoms with Gasteiger partial charge in [-0.25, -0.2) is 9.78 Å². The minimum Gasteiger partial charge on any atom is -0.347 e. The number of aryl methyl sites for hydroxylation is 1. The molecule has 1 aromatic carbocycles. The molecular formula is C23H23F3N6O2. The van der Waals surface area contributed by atoms with Crippen molar-refractivity contribution in [1.82, 2.24) is 29.0 Å². The highest BCUT2D eigenvalue weighted by Crippen LogP contribution is 2.36. The van der Waals surface area contributed by atoms with Crippen LogP contribution in [0.25, 0.3) is 22.1 Å². The number of halogens is 3. The molecule has 0 bridgehead atoms. The number of benzene rings is 1. The van der Waals surface area contributed by atoms with Crippen LogP contribution < -0.4 is 11.0 Å². The van der Waals surface area contributed by atoms with Crippen LogP contribution in [-0.2, 0) is 17.9 Å². The van der Waals surface area contributed by atoms with Crippen LogP contribution in [0.3, 0.4) is 0 Å². The van der Waals surface area contributed by atoms with E-state index in [9.17, 15) is 22.8 Å². The highest BCUT2D eigenvalue weighted by atomic mass is 19.4. The predicted octanol–water partition coefficient (Wildman–Crippen LogP) is 3.39. The van der Waals surface area contributed by atoms with Crippen molar-refractivity contribution < 1.29 is 18.0 Å². The molecule has 1 N–H and O–H groups in total. The van der Waals surface area contributed by atoms with E-state index in [0.29, 0.717) is 18.8 Å². The van der Waals surface area contributed by atoms with Crippen LogP contribution in [0.1, 0.15) is 37.5 Å². The van der Waals surface area contributed by atoms with Crippen LogP contribution in [0.5, 0.6) is 0 Å². The first-order valence-electron chi connectivity index (χ1n) is 11.1. The highest BCUT2D eigenvalue weighted by molar-refractivity contribution is 5.77. The predicted molar refractivity (Wildman–Crippen MR) is 119 cm³/mol. The lowest BCUT2D eigenvalue weighted by molar-refractivity contribution is -0.138. The number of amides is 1. The number of para-hydroxylation sites is 2. The maximum atomic E-state index is 13.3. The van der Waals surface area contributed by atoms with Gasteiger partial charge in [-0.1, -0.05) is 12.1 Å². The summed E-state index contributed by atoms with van der Waals surface area (Å²) < 4.78 is 42.4. The molecular weight excluding hydrogens is 449 g/mol. The Labute approximate surface area is 192 Å². The lowest BCUT2D eigenvalue weighted by atomic mass is 10.2. The summed E-state index contributed by atoms with van der Waals surface area (Å²) in [4.78, 5) is 34.0. The van der Waals surface area contributed by atoms with Gasteiger partial charge in [-0.15, -0.1) is 0 Å². The van der Waals surface area contributed by atoms with Gasteiger partial charge in [0.05, 0.1) is 34.8 Å². The summed E-state index contributed by atoms with van der Waals surface area (Å²) in [5, 5.41) is 1.90. The van der Waals surface area contributed by atoms with Gasteiger partial charge in [0.1, 0.15) is 12.4 Å². The summed E-state index contributed by atoms with van der Waals surface area (Å²) in [7, 11) is 0. The van der Waals surface area contributed by atoms with Crippen molar-refractivity contribution in [2.75, 3.05) is 6.54 Å². The molecule has 0 aliphatic heterocycles. The number of nitrogens with one attached hydrogen (secondary N) is 1. The van der Waals surface area contributed by atoms with Gasteiger partial charge in [-0.3, -0.25) is 18.9 Å². The molecule has 3 heterocycles. The molecule has 11 heteroatoms. The van der Waals surface area contributed by atoms with Gasteiger partial charge in [-0.05, 0) is 37.5 Å². The van der Waals surface area contributed by atoms with E-state index in [-0.39, 0.29) is 24.7 Å². The first kappa shape index (κ1) is 22.2. The second-order valence-electron chi connectivity index (χ2n) is 8.50. The number of imidazole rings is 2. The van der Waals surface area contributed by atoms with E-state index < -0.39 is 18.6 Å². The van der Waals surface area contributed by atoms with Crippen LogP contribution >= 0.6 is 0 Å². The molecule has 34 heavy (non-hydrogen) atoms. The Morgan fingerprint density at radius 3 is 2.65 bits per heavy atom. The Kier molecular flexibility index (Phi) is 5.62. The van der Waals surface area contributed by atoms with E-state index in [0.717, 1.165) is 34.9 Å². The third-order valence-electron chi connectivity index (χ3n) is 5.98. The number of hydrogen-bond acceptors (Lipinski definition) is 4. The Bertz CT molecular complexity index is 1410. The molecule has 1 aliphatic rings. The maximum absolute atomic E-state index is 13.3. The lowest BCUT2D eigenvalue weighted by Gasteiger charge is -2.11. The van der Waals surface area contributed by atoms with Crippen molar-refractivity contribution in [3.63, 3.8) is 0 Å². The third-order valence-corrected chi connectivity index (χ3v) is 5.98. The summed E-state index contributed by atoms with van der Waals surface area (Å²) in [6.45, 7) is -0.744. The largest absolute Gasteiger partial charge is 0.405 e. The van der Waals surface area contributed by atoms with Crippen LogP contribution in [-0.4, -0.2) is 42.3 Å². The van der Waals surface area contributed by atoms with Gasteiger partial charge in [-0.2, -0.15) is 13.2 Å². The van der Waals surface area contributed by atoms with Crippen LogP contribution in [0, 0.1) is 0 Å². The standard InChI is InChI=1S/C23H23F3N6O2/c24-23(25,26)14-28-21(33)6-3-11-30-17-5-2-1-4-16(17)29-20(30)13-31-19-12-27-10-9-18(19)32(22(31)34)15-7-8-15/h1-2,4-5,9-10,12,15H,3,6-8,11,13-14H2,(H,28,33). The first-order valence-corrected chi connectivity index (χ1v) is 11.1. The van der Waals surface area contributed by atoms with E-state index >= 15 is 0 Å². The Balaban J connectivity index is 1.42.